The van der Waals surface area contributed by atoms with Crippen molar-refractivity contribution >= 4 is 11.8 Å². The van der Waals surface area contributed by atoms with Gasteiger partial charge in [-0.1, -0.05) is 52.0 Å². The molecule has 0 N–H and O–H groups in total. The summed E-state index contributed by atoms with van der Waals surface area (Å²) in [6.45, 7) is 6.81. The van der Waals surface area contributed by atoms with Crippen molar-refractivity contribution in [2.75, 3.05) is 5.75 Å². The minimum atomic E-state index is 0.816. The maximum Gasteiger partial charge on any atom is -0.0000224 e. The zero-order chi connectivity index (χ0) is 11.1. The zero-order valence-electron chi connectivity index (χ0n) is 10.6. The van der Waals surface area contributed by atoms with Crippen LogP contribution in [0, 0.1) is 11.8 Å². The highest BCUT2D eigenvalue weighted by Crippen LogP contribution is 2.33. The summed E-state index contributed by atoms with van der Waals surface area (Å²) >= 11 is 2.08. The van der Waals surface area contributed by atoms with E-state index in [4.69, 9.17) is 0 Å². The molecule has 0 aromatic heterocycles. The van der Waals surface area contributed by atoms with Crippen LogP contribution in [0.15, 0.2) is 11.0 Å². The lowest BCUT2D eigenvalue weighted by Crippen LogP contribution is -2.06. The van der Waals surface area contributed by atoms with Crippen LogP contribution in [0.2, 0.25) is 0 Å². The molecule has 1 saturated carbocycles. The van der Waals surface area contributed by atoms with Gasteiger partial charge in [0, 0.05) is 0 Å². The third-order valence-corrected chi connectivity index (χ3v) is 4.75. The Bertz CT molecular complexity index is 188. The Kier molecular flexibility index (Phi) is 6.47. The predicted molar refractivity (Wildman–Crippen MR) is 72.2 cm³/mol. The van der Waals surface area contributed by atoms with Crippen molar-refractivity contribution in [2.45, 2.75) is 59.3 Å². The van der Waals surface area contributed by atoms with Crippen molar-refractivity contribution in [3.63, 3.8) is 0 Å². The molecule has 0 radical (unpaired) electrons. The first-order valence-corrected chi connectivity index (χ1v) is 7.49. The summed E-state index contributed by atoms with van der Waals surface area (Å²) in [7, 11) is 0. The van der Waals surface area contributed by atoms with Crippen LogP contribution in [-0.2, 0) is 0 Å². The maximum absolute atomic E-state index is 2.33. The Balaban J connectivity index is 2.26. The van der Waals surface area contributed by atoms with E-state index in [0.29, 0.717) is 0 Å². The molecule has 88 valence electrons. The SMILES string of the molecule is C/C=C(/CC1CCCCC1)SCC(C)C. The topological polar surface area (TPSA) is 0 Å². The normalized spacial score (nSPS) is 19.9. The largest absolute Gasteiger partial charge is 0.131 e. The van der Waals surface area contributed by atoms with E-state index in [1.165, 1.54) is 44.3 Å². The number of rotatable bonds is 5. The number of allylic oxidation sites excluding steroid dienone is 2. The molecule has 0 aromatic rings. The molecule has 1 aliphatic carbocycles. The summed E-state index contributed by atoms with van der Waals surface area (Å²) in [6.07, 6.45) is 11.0. The lowest BCUT2D eigenvalue weighted by molar-refractivity contribution is 0.360. The van der Waals surface area contributed by atoms with E-state index in [1.54, 1.807) is 4.91 Å². The van der Waals surface area contributed by atoms with Crippen LogP contribution in [0.25, 0.3) is 0 Å². The van der Waals surface area contributed by atoms with E-state index in [-0.39, 0.29) is 0 Å². The van der Waals surface area contributed by atoms with Crippen LogP contribution in [-0.4, -0.2) is 5.75 Å². The van der Waals surface area contributed by atoms with Gasteiger partial charge in [0.25, 0.3) is 0 Å². The van der Waals surface area contributed by atoms with Crippen LogP contribution < -0.4 is 0 Å². The molecule has 1 aliphatic rings. The van der Waals surface area contributed by atoms with E-state index in [0.717, 1.165) is 11.8 Å². The number of thioether (sulfide) groups is 1. The van der Waals surface area contributed by atoms with Crippen LogP contribution in [0.5, 0.6) is 0 Å². The fourth-order valence-electron chi connectivity index (χ4n) is 2.21. The first-order chi connectivity index (χ1) is 7.22. The summed E-state index contributed by atoms with van der Waals surface area (Å²) < 4.78 is 0. The molecule has 1 fully saturated rings. The molecule has 0 amide bonds. The summed E-state index contributed by atoms with van der Waals surface area (Å²) in [5.41, 5.74) is 0. The Labute approximate surface area is 99.9 Å². The van der Waals surface area contributed by atoms with Crippen LogP contribution in [0.3, 0.4) is 0 Å². The van der Waals surface area contributed by atoms with Crippen molar-refractivity contribution in [2.24, 2.45) is 11.8 Å². The highest BCUT2D eigenvalue weighted by Gasteiger charge is 2.15. The summed E-state index contributed by atoms with van der Waals surface area (Å²) in [5, 5.41) is 0. The zero-order valence-corrected chi connectivity index (χ0v) is 11.4. The number of hydrogen-bond acceptors (Lipinski definition) is 1. The molecule has 15 heavy (non-hydrogen) atoms. The van der Waals surface area contributed by atoms with Crippen LogP contribution in [0.1, 0.15) is 59.3 Å². The van der Waals surface area contributed by atoms with Gasteiger partial charge in [-0.15, -0.1) is 11.8 Å². The molecule has 0 aromatic carbocycles. The first kappa shape index (κ1) is 13.2. The van der Waals surface area contributed by atoms with Crippen molar-refractivity contribution in [3.05, 3.63) is 11.0 Å². The molecular weight excluding hydrogens is 200 g/mol. The lowest BCUT2D eigenvalue weighted by Gasteiger charge is -2.22. The Morgan fingerprint density at radius 1 is 1.27 bits per heavy atom. The van der Waals surface area contributed by atoms with Crippen molar-refractivity contribution < 1.29 is 0 Å². The third kappa shape index (κ3) is 5.65. The fourth-order valence-corrected chi connectivity index (χ4v) is 3.28. The maximum atomic E-state index is 2.33. The molecule has 0 aliphatic heterocycles. The molecule has 0 spiro atoms. The number of hydrogen-bond donors (Lipinski definition) is 0. The van der Waals surface area contributed by atoms with Crippen molar-refractivity contribution in [1.29, 1.82) is 0 Å². The quantitative estimate of drug-likeness (QED) is 0.617. The van der Waals surface area contributed by atoms with E-state index in [9.17, 15) is 0 Å². The molecule has 1 rings (SSSR count). The van der Waals surface area contributed by atoms with Gasteiger partial charge in [0.05, 0.1) is 0 Å². The second-order valence-electron chi connectivity index (χ2n) is 5.17. The second-order valence-corrected chi connectivity index (χ2v) is 6.31. The first-order valence-electron chi connectivity index (χ1n) is 6.50. The Hall–Kier alpha value is 0.0900. The summed E-state index contributed by atoms with van der Waals surface area (Å²) in [4.78, 5) is 1.63. The van der Waals surface area contributed by atoms with Gasteiger partial charge in [-0.3, -0.25) is 0 Å². The molecule has 0 unspecified atom stereocenters. The molecule has 1 heteroatoms. The van der Waals surface area contributed by atoms with Gasteiger partial charge in [0.1, 0.15) is 0 Å². The van der Waals surface area contributed by atoms with E-state index in [2.05, 4.69) is 38.6 Å². The highest BCUT2D eigenvalue weighted by molar-refractivity contribution is 8.03. The molecule has 0 nitrogen and oxygen atoms in total. The molecule has 0 heterocycles. The van der Waals surface area contributed by atoms with Gasteiger partial charge >= 0.3 is 0 Å². The smallest absolute Gasteiger partial charge is 0.0000224 e. The van der Waals surface area contributed by atoms with E-state index in [1.807, 2.05) is 0 Å². The van der Waals surface area contributed by atoms with Gasteiger partial charge < -0.3 is 0 Å². The summed E-state index contributed by atoms with van der Waals surface area (Å²) in [6, 6.07) is 0. The van der Waals surface area contributed by atoms with Gasteiger partial charge in [0.2, 0.25) is 0 Å². The fraction of sp³-hybridized carbons (Fsp3) is 0.857. The minimum absolute atomic E-state index is 0.816. The minimum Gasteiger partial charge on any atom is -0.131 e. The lowest BCUT2D eigenvalue weighted by atomic mass is 9.87. The average Bonchev–Trinajstić information content (AvgIpc) is 2.25. The van der Waals surface area contributed by atoms with Gasteiger partial charge in [0.15, 0.2) is 0 Å². The van der Waals surface area contributed by atoms with Crippen molar-refractivity contribution in [3.8, 4) is 0 Å². The molecule has 0 bridgehead atoms. The monoisotopic (exact) mass is 226 g/mol. The molecule has 0 atom stereocenters. The van der Waals surface area contributed by atoms with Crippen LogP contribution >= 0.6 is 11.8 Å². The van der Waals surface area contributed by atoms with E-state index < -0.39 is 0 Å². The van der Waals surface area contributed by atoms with E-state index >= 15 is 0 Å². The molecule has 0 saturated heterocycles. The molecular formula is C14H26S. The van der Waals surface area contributed by atoms with Gasteiger partial charge in [-0.25, -0.2) is 0 Å². The highest BCUT2D eigenvalue weighted by atomic mass is 32.2. The standard InChI is InChI=1S/C14H26S/c1-4-14(15-11-12(2)3)10-13-8-6-5-7-9-13/h4,12-13H,5-11H2,1-3H3/b14-4-. The van der Waals surface area contributed by atoms with Crippen LogP contribution in [0.4, 0.5) is 0 Å². The predicted octanol–water partition coefficient (Wildman–Crippen LogP) is 5.25. The van der Waals surface area contributed by atoms with Crippen molar-refractivity contribution in [1.82, 2.24) is 0 Å². The Morgan fingerprint density at radius 3 is 2.47 bits per heavy atom. The van der Waals surface area contributed by atoms with Gasteiger partial charge in [-0.05, 0) is 35.8 Å². The second kappa shape index (κ2) is 7.38. The third-order valence-electron chi connectivity index (χ3n) is 3.14. The van der Waals surface area contributed by atoms with Gasteiger partial charge in [-0.2, -0.15) is 0 Å². The average molecular weight is 226 g/mol. The summed E-state index contributed by atoms with van der Waals surface area (Å²) in [5.74, 6) is 3.09. The Morgan fingerprint density at radius 2 is 1.93 bits per heavy atom.